The summed E-state index contributed by atoms with van der Waals surface area (Å²) in [5.74, 6) is 0. The quantitative estimate of drug-likeness (QED) is 0.734. The zero-order chi connectivity index (χ0) is 12.6. The second kappa shape index (κ2) is 5.41. The maximum absolute atomic E-state index is 4.00. The topological polar surface area (TPSA) is 27.6 Å². The summed E-state index contributed by atoms with van der Waals surface area (Å²) < 4.78 is 0. The molecule has 1 aromatic carbocycles. The highest BCUT2D eigenvalue weighted by Crippen LogP contribution is 2.29. The summed E-state index contributed by atoms with van der Waals surface area (Å²) in [5, 5.41) is 0. The molecule has 17 heavy (non-hydrogen) atoms. The van der Waals surface area contributed by atoms with Gasteiger partial charge in [0.2, 0.25) is 0 Å². The number of quaternary nitrogens is 1. The normalized spacial score (nSPS) is 12.2. The van der Waals surface area contributed by atoms with Crippen molar-refractivity contribution >= 4 is 0 Å². The molecule has 0 heterocycles. The zero-order valence-corrected chi connectivity index (χ0v) is 12.8. The lowest BCUT2D eigenvalue weighted by atomic mass is 9.79. The van der Waals surface area contributed by atoms with Crippen LogP contribution in [0.2, 0.25) is 0 Å². The highest BCUT2D eigenvalue weighted by Gasteiger charge is 2.20. The van der Waals surface area contributed by atoms with Gasteiger partial charge in [-0.2, -0.15) is 0 Å². The molecule has 1 aromatic rings. The number of benzene rings is 1. The van der Waals surface area contributed by atoms with Crippen molar-refractivity contribution < 1.29 is 18.1 Å². The molecule has 0 aliphatic heterocycles. The lowest BCUT2D eigenvalue weighted by Gasteiger charge is -2.25. The Labute approximate surface area is 112 Å². The van der Waals surface area contributed by atoms with Crippen LogP contribution in [0.4, 0.5) is 0 Å². The predicted octanol–water partition coefficient (Wildman–Crippen LogP) is 0.0275. The minimum atomic E-state index is 0. The van der Waals surface area contributed by atoms with E-state index in [9.17, 15) is 0 Å². The molecule has 98 valence electrons. The lowest BCUT2D eigenvalue weighted by molar-refractivity contribution is -0.386. The summed E-state index contributed by atoms with van der Waals surface area (Å²) in [5.41, 5.74) is 8.60. The van der Waals surface area contributed by atoms with Gasteiger partial charge in [-0.15, -0.1) is 0 Å². The van der Waals surface area contributed by atoms with Crippen molar-refractivity contribution in [1.29, 1.82) is 0 Å². The van der Waals surface area contributed by atoms with Crippen LogP contribution in [0.15, 0.2) is 18.2 Å². The maximum Gasteiger partial charge on any atom is 0.0997 e. The Balaban J connectivity index is 0.00000256. The van der Waals surface area contributed by atoms with E-state index in [0.29, 0.717) is 0 Å². The Hall–Kier alpha value is -0.530. The van der Waals surface area contributed by atoms with Crippen LogP contribution in [0, 0.1) is 0 Å². The summed E-state index contributed by atoms with van der Waals surface area (Å²) >= 11 is 0. The maximum atomic E-state index is 4.00. The Bertz CT molecular complexity index is 337. The average Bonchev–Trinajstić information content (AvgIpc) is 2.14. The third kappa shape index (κ3) is 4.33. The molecule has 3 N–H and O–H groups in total. The molecule has 1 nitrogen and oxygen atoms in total. The smallest absolute Gasteiger partial charge is 0.0997 e. The standard InChI is InChI=1S/C15H25N.ClH/c1-14(2,3)12-7-11(10-16)8-13(9-12)15(4,5)6;/h7-9H,10,16H2,1-6H3;1H. The van der Waals surface area contributed by atoms with E-state index in [1.165, 1.54) is 16.7 Å². The highest BCUT2D eigenvalue weighted by atomic mass is 35.5. The van der Waals surface area contributed by atoms with Crippen LogP contribution in [0.25, 0.3) is 0 Å². The third-order valence-electron chi connectivity index (χ3n) is 3.01. The molecule has 0 fully saturated rings. The number of halogens is 1. The van der Waals surface area contributed by atoms with Gasteiger partial charge in [0.1, 0.15) is 0 Å². The van der Waals surface area contributed by atoms with Gasteiger partial charge in [0.15, 0.2) is 0 Å². The molecule has 1 rings (SSSR count). The van der Waals surface area contributed by atoms with Crippen LogP contribution in [0.5, 0.6) is 0 Å². The van der Waals surface area contributed by atoms with Crippen LogP contribution in [-0.4, -0.2) is 0 Å². The van der Waals surface area contributed by atoms with Crippen LogP contribution in [-0.2, 0) is 17.4 Å². The van der Waals surface area contributed by atoms with Crippen molar-refractivity contribution in [3.8, 4) is 0 Å². The van der Waals surface area contributed by atoms with E-state index in [1.807, 2.05) is 0 Å². The Morgan fingerprint density at radius 1 is 0.824 bits per heavy atom. The van der Waals surface area contributed by atoms with Gasteiger partial charge in [0.05, 0.1) is 6.54 Å². The average molecular weight is 256 g/mol. The monoisotopic (exact) mass is 255 g/mol. The zero-order valence-electron chi connectivity index (χ0n) is 12.0. The minimum Gasteiger partial charge on any atom is -1.00 e. The molecule has 0 bridgehead atoms. The molecule has 0 atom stereocenters. The van der Waals surface area contributed by atoms with Crippen molar-refractivity contribution in [2.24, 2.45) is 0 Å². The van der Waals surface area contributed by atoms with Crippen molar-refractivity contribution in [3.63, 3.8) is 0 Å². The Morgan fingerprint density at radius 2 is 1.18 bits per heavy atom. The summed E-state index contributed by atoms with van der Waals surface area (Å²) in [6.45, 7) is 14.5. The van der Waals surface area contributed by atoms with Gasteiger partial charge in [0, 0.05) is 5.56 Å². The summed E-state index contributed by atoms with van der Waals surface area (Å²) in [6.07, 6.45) is 0. The summed E-state index contributed by atoms with van der Waals surface area (Å²) in [6, 6.07) is 6.93. The first-order chi connectivity index (χ1) is 7.14. The first-order valence-corrected chi connectivity index (χ1v) is 6.09. The van der Waals surface area contributed by atoms with Crippen molar-refractivity contribution in [2.45, 2.75) is 58.9 Å². The second-order valence-electron chi connectivity index (χ2n) is 6.67. The predicted molar refractivity (Wildman–Crippen MR) is 70.4 cm³/mol. The van der Waals surface area contributed by atoms with E-state index in [-0.39, 0.29) is 23.2 Å². The van der Waals surface area contributed by atoms with Crippen LogP contribution < -0.4 is 18.1 Å². The van der Waals surface area contributed by atoms with Gasteiger partial charge >= 0.3 is 0 Å². The largest absolute Gasteiger partial charge is 1.00 e. The van der Waals surface area contributed by atoms with E-state index in [0.717, 1.165) is 6.54 Å². The first-order valence-electron chi connectivity index (χ1n) is 6.09. The molecule has 0 radical (unpaired) electrons. The van der Waals surface area contributed by atoms with Gasteiger partial charge < -0.3 is 18.1 Å². The van der Waals surface area contributed by atoms with Gasteiger partial charge in [-0.25, -0.2) is 0 Å². The lowest BCUT2D eigenvalue weighted by Crippen LogP contribution is -3.00. The van der Waals surface area contributed by atoms with E-state index in [2.05, 4.69) is 65.5 Å². The fourth-order valence-electron chi connectivity index (χ4n) is 1.70. The fourth-order valence-corrected chi connectivity index (χ4v) is 1.70. The van der Waals surface area contributed by atoms with Crippen molar-refractivity contribution in [1.82, 2.24) is 0 Å². The number of rotatable bonds is 1. The Morgan fingerprint density at radius 3 is 1.41 bits per heavy atom. The van der Waals surface area contributed by atoms with Crippen LogP contribution in [0.3, 0.4) is 0 Å². The van der Waals surface area contributed by atoms with Gasteiger partial charge in [-0.05, 0) is 34.1 Å². The second-order valence-corrected chi connectivity index (χ2v) is 6.67. The molecule has 0 amide bonds. The van der Waals surface area contributed by atoms with Crippen molar-refractivity contribution in [3.05, 3.63) is 34.9 Å². The van der Waals surface area contributed by atoms with E-state index in [1.54, 1.807) is 0 Å². The Kier molecular flexibility index (Phi) is 5.24. The van der Waals surface area contributed by atoms with Gasteiger partial charge in [-0.3, -0.25) is 0 Å². The van der Waals surface area contributed by atoms with Crippen LogP contribution in [0.1, 0.15) is 58.2 Å². The number of hydrogen-bond donors (Lipinski definition) is 1. The van der Waals surface area contributed by atoms with E-state index in [4.69, 9.17) is 0 Å². The molecule has 0 aliphatic rings. The molecule has 0 aliphatic carbocycles. The fraction of sp³-hybridized carbons (Fsp3) is 0.600. The molecule has 0 spiro atoms. The molecular weight excluding hydrogens is 230 g/mol. The van der Waals surface area contributed by atoms with Gasteiger partial charge in [-0.1, -0.05) is 47.6 Å². The molecule has 0 unspecified atom stereocenters. The minimum absolute atomic E-state index is 0. The molecule has 2 heteroatoms. The molecular formula is C15H26ClN. The number of hydrogen-bond acceptors (Lipinski definition) is 0. The SMILES string of the molecule is CC(C)(C)c1cc(C[NH3+])cc(C(C)(C)C)c1.[Cl-]. The first kappa shape index (κ1) is 16.5. The molecule has 0 saturated carbocycles. The third-order valence-corrected chi connectivity index (χ3v) is 3.01. The summed E-state index contributed by atoms with van der Waals surface area (Å²) in [4.78, 5) is 0. The van der Waals surface area contributed by atoms with E-state index >= 15 is 0 Å². The van der Waals surface area contributed by atoms with Crippen LogP contribution >= 0.6 is 0 Å². The van der Waals surface area contributed by atoms with Gasteiger partial charge in [0.25, 0.3) is 0 Å². The molecule has 0 aromatic heterocycles. The molecule has 0 saturated heterocycles. The van der Waals surface area contributed by atoms with Crippen molar-refractivity contribution in [2.75, 3.05) is 0 Å². The summed E-state index contributed by atoms with van der Waals surface area (Å²) in [7, 11) is 0. The van der Waals surface area contributed by atoms with E-state index < -0.39 is 0 Å². The highest BCUT2D eigenvalue weighted by molar-refractivity contribution is 5.36.